The van der Waals surface area contributed by atoms with E-state index in [2.05, 4.69) is 20.2 Å². The topological polar surface area (TPSA) is 67.4 Å². The van der Waals surface area contributed by atoms with Crippen molar-refractivity contribution in [2.24, 2.45) is 0 Å². The number of anilines is 1. The molecule has 1 saturated heterocycles. The van der Waals surface area contributed by atoms with Crippen LogP contribution in [0.1, 0.15) is 45.7 Å². The second-order valence-corrected chi connectivity index (χ2v) is 6.69. The van der Waals surface area contributed by atoms with Crippen LogP contribution in [-0.4, -0.2) is 40.8 Å². The van der Waals surface area contributed by atoms with Crippen LogP contribution in [0.25, 0.3) is 0 Å². The first-order valence-corrected chi connectivity index (χ1v) is 7.88. The molecule has 0 bridgehead atoms. The van der Waals surface area contributed by atoms with Gasteiger partial charge in [0.2, 0.25) is 0 Å². The average molecular weight is 306 g/mol. The predicted octanol–water partition coefficient (Wildman–Crippen LogP) is 2.67. The van der Waals surface area contributed by atoms with Gasteiger partial charge >= 0.3 is 6.09 Å². The van der Waals surface area contributed by atoms with E-state index in [1.807, 2.05) is 27.7 Å². The van der Waals surface area contributed by atoms with Crippen LogP contribution in [0.4, 0.5) is 10.6 Å². The Morgan fingerprint density at radius 2 is 2.09 bits per heavy atom. The van der Waals surface area contributed by atoms with Crippen LogP contribution in [0.2, 0.25) is 0 Å². The first kappa shape index (κ1) is 16.5. The van der Waals surface area contributed by atoms with Crippen molar-refractivity contribution in [3.05, 3.63) is 18.1 Å². The molecule has 6 nitrogen and oxygen atoms in total. The molecule has 22 heavy (non-hydrogen) atoms. The summed E-state index contributed by atoms with van der Waals surface area (Å²) >= 11 is 0. The van der Waals surface area contributed by atoms with Gasteiger partial charge in [0.05, 0.1) is 5.69 Å². The van der Waals surface area contributed by atoms with Crippen LogP contribution in [0.5, 0.6) is 0 Å². The van der Waals surface area contributed by atoms with Crippen molar-refractivity contribution in [1.29, 1.82) is 0 Å². The minimum absolute atomic E-state index is 0.233. The molecule has 0 radical (unpaired) electrons. The van der Waals surface area contributed by atoms with Crippen molar-refractivity contribution in [2.75, 3.05) is 18.0 Å². The number of carbonyl (C=O) groups excluding carboxylic acids is 1. The summed E-state index contributed by atoms with van der Waals surface area (Å²) in [5, 5.41) is 2.88. The number of rotatable bonds is 3. The Bertz CT molecular complexity index is 513. The van der Waals surface area contributed by atoms with E-state index >= 15 is 0 Å². The molecule has 0 aromatic carbocycles. The number of piperidine rings is 1. The summed E-state index contributed by atoms with van der Waals surface area (Å²) in [5.74, 6) is 0.915. The maximum atomic E-state index is 11.8. The number of aromatic nitrogens is 2. The molecule has 0 unspecified atom stereocenters. The third kappa shape index (κ3) is 4.58. The summed E-state index contributed by atoms with van der Waals surface area (Å²) in [4.78, 5) is 22.9. The average Bonchev–Trinajstić information content (AvgIpc) is 2.44. The standard InChI is InChI=1S/C16H26N4O2/c1-12-14(18-9-8-17-12)20-10-6-5-7-13(20)11-19-15(21)22-16(2,3)4/h8-9,13H,5-7,10-11H2,1-4H3,(H,19,21)/t13-/m0/s1. The van der Waals surface area contributed by atoms with E-state index in [0.29, 0.717) is 6.54 Å². The smallest absolute Gasteiger partial charge is 0.407 e. The number of carbonyl (C=O) groups is 1. The number of amides is 1. The molecular formula is C16H26N4O2. The normalized spacial score (nSPS) is 18.9. The second kappa shape index (κ2) is 6.94. The summed E-state index contributed by atoms with van der Waals surface area (Å²) < 4.78 is 5.30. The molecule has 1 N–H and O–H groups in total. The van der Waals surface area contributed by atoms with Gasteiger partial charge in [0.25, 0.3) is 0 Å². The number of ether oxygens (including phenoxy) is 1. The predicted molar refractivity (Wildman–Crippen MR) is 86.0 cm³/mol. The van der Waals surface area contributed by atoms with Gasteiger partial charge in [-0.25, -0.2) is 9.78 Å². The maximum absolute atomic E-state index is 11.8. The Morgan fingerprint density at radius 3 is 2.77 bits per heavy atom. The lowest BCUT2D eigenvalue weighted by molar-refractivity contribution is 0.0523. The second-order valence-electron chi connectivity index (χ2n) is 6.69. The fraction of sp³-hybridized carbons (Fsp3) is 0.688. The minimum Gasteiger partial charge on any atom is -0.444 e. The molecule has 1 amide bonds. The number of aryl methyl sites for hydroxylation is 1. The lowest BCUT2D eigenvalue weighted by Gasteiger charge is -2.37. The van der Waals surface area contributed by atoms with Gasteiger partial charge in [0.1, 0.15) is 11.4 Å². The van der Waals surface area contributed by atoms with Gasteiger partial charge in [-0.1, -0.05) is 0 Å². The molecule has 1 atom stereocenters. The zero-order chi connectivity index (χ0) is 16.2. The monoisotopic (exact) mass is 306 g/mol. The van der Waals surface area contributed by atoms with Crippen molar-refractivity contribution < 1.29 is 9.53 Å². The van der Waals surface area contributed by atoms with Crippen molar-refractivity contribution >= 4 is 11.9 Å². The largest absolute Gasteiger partial charge is 0.444 e. The molecule has 0 aliphatic carbocycles. The Morgan fingerprint density at radius 1 is 1.36 bits per heavy atom. The first-order chi connectivity index (χ1) is 10.4. The highest BCUT2D eigenvalue weighted by Crippen LogP contribution is 2.24. The Balaban J connectivity index is 1.99. The molecule has 6 heteroatoms. The number of nitrogens with one attached hydrogen (secondary N) is 1. The van der Waals surface area contributed by atoms with E-state index < -0.39 is 5.60 Å². The third-order valence-electron chi connectivity index (χ3n) is 3.64. The quantitative estimate of drug-likeness (QED) is 0.930. The van der Waals surface area contributed by atoms with Gasteiger partial charge < -0.3 is 15.0 Å². The molecule has 2 heterocycles. The summed E-state index contributed by atoms with van der Waals surface area (Å²) in [6.07, 6.45) is 6.39. The molecule has 0 spiro atoms. The summed E-state index contributed by atoms with van der Waals surface area (Å²) in [5.41, 5.74) is 0.448. The van der Waals surface area contributed by atoms with Crippen molar-refractivity contribution in [2.45, 2.75) is 58.6 Å². The highest BCUT2D eigenvalue weighted by Gasteiger charge is 2.26. The molecule has 1 aliphatic heterocycles. The van der Waals surface area contributed by atoms with Gasteiger partial charge in [0.15, 0.2) is 0 Å². The van der Waals surface area contributed by atoms with Crippen LogP contribution >= 0.6 is 0 Å². The highest BCUT2D eigenvalue weighted by atomic mass is 16.6. The number of hydrogen-bond acceptors (Lipinski definition) is 5. The highest BCUT2D eigenvalue weighted by molar-refractivity contribution is 5.67. The van der Waals surface area contributed by atoms with E-state index in [4.69, 9.17) is 4.74 Å². The zero-order valence-corrected chi connectivity index (χ0v) is 13.9. The van der Waals surface area contributed by atoms with Gasteiger partial charge in [0, 0.05) is 31.5 Å². The van der Waals surface area contributed by atoms with Crippen LogP contribution in [0, 0.1) is 6.92 Å². The van der Waals surface area contributed by atoms with Crippen molar-refractivity contribution in [1.82, 2.24) is 15.3 Å². The Kier molecular flexibility index (Phi) is 5.21. The van der Waals surface area contributed by atoms with Crippen molar-refractivity contribution in [3.8, 4) is 0 Å². The van der Waals surface area contributed by atoms with Gasteiger partial charge in [-0.05, 0) is 47.0 Å². The van der Waals surface area contributed by atoms with Gasteiger partial charge in [-0.2, -0.15) is 0 Å². The summed E-state index contributed by atoms with van der Waals surface area (Å²) in [6.45, 7) is 9.06. The van der Waals surface area contributed by atoms with Gasteiger partial charge in [-0.15, -0.1) is 0 Å². The molecule has 0 saturated carbocycles. The molecule has 1 aliphatic rings. The van der Waals surface area contributed by atoms with Crippen LogP contribution in [0.3, 0.4) is 0 Å². The third-order valence-corrected chi connectivity index (χ3v) is 3.64. The van der Waals surface area contributed by atoms with Crippen molar-refractivity contribution in [3.63, 3.8) is 0 Å². The first-order valence-electron chi connectivity index (χ1n) is 7.88. The summed E-state index contributed by atoms with van der Waals surface area (Å²) in [7, 11) is 0. The van der Waals surface area contributed by atoms with Crippen LogP contribution in [0.15, 0.2) is 12.4 Å². The Labute approximate surface area is 132 Å². The van der Waals surface area contributed by atoms with Gasteiger partial charge in [-0.3, -0.25) is 4.98 Å². The van der Waals surface area contributed by atoms with E-state index in [1.165, 1.54) is 0 Å². The number of alkyl carbamates (subject to hydrolysis) is 1. The zero-order valence-electron chi connectivity index (χ0n) is 13.9. The lowest BCUT2D eigenvalue weighted by atomic mass is 10.0. The Hall–Kier alpha value is -1.85. The maximum Gasteiger partial charge on any atom is 0.407 e. The van der Waals surface area contributed by atoms with E-state index in [9.17, 15) is 4.79 Å². The van der Waals surface area contributed by atoms with Crippen LogP contribution in [-0.2, 0) is 4.74 Å². The number of nitrogens with zero attached hydrogens (tertiary/aromatic N) is 3. The number of hydrogen-bond donors (Lipinski definition) is 1. The molecular weight excluding hydrogens is 280 g/mol. The fourth-order valence-corrected chi connectivity index (χ4v) is 2.69. The molecule has 122 valence electrons. The summed E-state index contributed by atoms with van der Waals surface area (Å²) in [6, 6.07) is 0.233. The lowest BCUT2D eigenvalue weighted by Crippen LogP contribution is -2.48. The minimum atomic E-state index is -0.474. The van der Waals surface area contributed by atoms with E-state index in [0.717, 1.165) is 37.3 Å². The molecule has 2 rings (SSSR count). The molecule has 1 aromatic rings. The SMILES string of the molecule is Cc1nccnc1N1CCCC[C@H]1CNC(=O)OC(C)(C)C. The van der Waals surface area contributed by atoms with Crippen LogP contribution < -0.4 is 10.2 Å². The molecule has 1 aromatic heterocycles. The van der Waals surface area contributed by atoms with E-state index in [1.54, 1.807) is 12.4 Å². The fourth-order valence-electron chi connectivity index (χ4n) is 2.69. The molecule has 1 fully saturated rings. The van der Waals surface area contributed by atoms with E-state index in [-0.39, 0.29) is 12.1 Å².